The van der Waals surface area contributed by atoms with Gasteiger partial charge in [-0.1, -0.05) is 13.8 Å². The van der Waals surface area contributed by atoms with E-state index in [1.54, 1.807) is 6.07 Å². The van der Waals surface area contributed by atoms with Crippen LogP contribution in [-0.4, -0.2) is 27.5 Å². The summed E-state index contributed by atoms with van der Waals surface area (Å²) in [5.74, 6) is -1.18. The Labute approximate surface area is 171 Å². The monoisotopic (exact) mass is 420 g/mol. The van der Waals surface area contributed by atoms with Crippen LogP contribution in [0.3, 0.4) is 0 Å². The standard InChI is InChI=1S/C21H23F3N4O2/c1-20(2)9-15-17(16(29)10-20)18(21(22,23)24)27-28(15)12-6-7-13(19(25)30)14(8-12)26-11-4-3-5-11/h6-8,11,26H,3-5,9-10H2,1-2H3,(H2,25,30). The van der Waals surface area contributed by atoms with Crippen molar-refractivity contribution in [1.82, 2.24) is 9.78 Å². The summed E-state index contributed by atoms with van der Waals surface area (Å²) in [4.78, 5) is 24.4. The number of nitrogens with zero attached hydrogens (tertiary/aromatic N) is 2. The van der Waals surface area contributed by atoms with Gasteiger partial charge < -0.3 is 11.1 Å². The number of alkyl halides is 3. The molecule has 2 aliphatic carbocycles. The molecular weight excluding hydrogens is 397 g/mol. The van der Waals surface area contributed by atoms with Crippen LogP contribution in [0.15, 0.2) is 18.2 Å². The lowest BCUT2D eigenvalue weighted by atomic mass is 9.75. The smallest absolute Gasteiger partial charge is 0.382 e. The number of halogens is 3. The predicted molar refractivity (Wildman–Crippen MR) is 105 cm³/mol. The Morgan fingerprint density at radius 3 is 2.53 bits per heavy atom. The van der Waals surface area contributed by atoms with Gasteiger partial charge in [-0.15, -0.1) is 0 Å². The number of hydrogen-bond acceptors (Lipinski definition) is 4. The molecule has 0 aliphatic heterocycles. The third-order valence-corrected chi connectivity index (χ3v) is 5.79. The highest BCUT2D eigenvalue weighted by molar-refractivity contribution is 6.00. The van der Waals surface area contributed by atoms with E-state index >= 15 is 0 Å². The van der Waals surface area contributed by atoms with Gasteiger partial charge in [0.05, 0.1) is 22.5 Å². The van der Waals surface area contributed by atoms with Gasteiger partial charge in [0.15, 0.2) is 11.5 Å². The van der Waals surface area contributed by atoms with E-state index in [0.717, 1.165) is 19.3 Å². The van der Waals surface area contributed by atoms with Crippen LogP contribution in [0.2, 0.25) is 0 Å². The first-order valence-electron chi connectivity index (χ1n) is 9.89. The van der Waals surface area contributed by atoms with E-state index in [9.17, 15) is 22.8 Å². The van der Waals surface area contributed by atoms with Crippen molar-refractivity contribution in [2.45, 2.75) is 58.2 Å². The number of nitrogens with one attached hydrogen (secondary N) is 1. The summed E-state index contributed by atoms with van der Waals surface area (Å²) >= 11 is 0. The second kappa shape index (κ2) is 6.85. The van der Waals surface area contributed by atoms with Gasteiger partial charge in [0.25, 0.3) is 5.91 Å². The largest absolute Gasteiger partial charge is 0.435 e. The van der Waals surface area contributed by atoms with Crippen LogP contribution in [0.1, 0.15) is 71.6 Å². The maximum absolute atomic E-state index is 13.6. The lowest BCUT2D eigenvalue weighted by Crippen LogP contribution is -2.29. The van der Waals surface area contributed by atoms with Crippen molar-refractivity contribution in [2.24, 2.45) is 11.1 Å². The van der Waals surface area contributed by atoms with Crippen molar-refractivity contribution in [3.63, 3.8) is 0 Å². The van der Waals surface area contributed by atoms with Crippen LogP contribution in [-0.2, 0) is 12.6 Å². The van der Waals surface area contributed by atoms with Gasteiger partial charge in [0, 0.05) is 18.2 Å². The Morgan fingerprint density at radius 2 is 1.97 bits per heavy atom. The van der Waals surface area contributed by atoms with Crippen LogP contribution >= 0.6 is 0 Å². The first-order chi connectivity index (χ1) is 14.0. The number of rotatable bonds is 4. The fourth-order valence-corrected chi connectivity index (χ4v) is 4.13. The summed E-state index contributed by atoms with van der Waals surface area (Å²) in [7, 11) is 0. The number of fused-ring (bicyclic) bond motifs is 1. The number of aromatic nitrogens is 2. The molecule has 0 saturated heterocycles. The highest BCUT2D eigenvalue weighted by Crippen LogP contribution is 2.42. The molecule has 2 aliphatic rings. The molecule has 9 heteroatoms. The Morgan fingerprint density at radius 1 is 1.27 bits per heavy atom. The van der Waals surface area contributed by atoms with Crippen molar-refractivity contribution < 1.29 is 22.8 Å². The molecule has 1 amide bonds. The molecule has 0 radical (unpaired) electrons. The Hall–Kier alpha value is -2.84. The second-order valence-electron chi connectivity index (χ2n) is 8.89. The van der Waals surface area contributed by atoms with Crippen LogP contribution in [0.4, 0.5) is 18.9 Å². The third-order valence-electron chi connectivity index (χ3n) is 5.79. The average Bonchev–Trinajstić information content (AvgIpc) is 2.96. The van der Waals surface area contributed by atoms with Gasteiger partial charge in [0.1, 0.15) is 0 Å². The van der Waals surface area contributed by atoms with Crippen molar-refractivity contribution in [3.8, 4) is 5.69 Å². The molecule has 160 valence electrons. The average molecular weight is 420 g/mol. The number of anilines is 1. The molecule has 1 heterocycles. The van der Waals surface area contributed by atoms with Crippen molar-refractivity contribution in [3.05, 3.63) is 40.7 Å². The topological polar surface area (TPSA) is 90.0 Å². The number of nitrogens with two attached hydrogens (primary N) is 1. The van der Waals surface area contributed by atoms with Crippen molar-refractivity contribution >= 4 is 17.4 Å². The molecule has 1 aromatic carbocycles. The predicted octanol–water partition coefficient (Wildman–Crippen LogP) is 4.11. The summed E-state index contributed by atoms with van der Waals surface area (Å²) in [6.07, 6.45) is -1.47. The Balaban J connectivity index is 1.87. The number of Topliss-reactive ketones (excluding diaryl/α,β-unsaturated/α-hetero) is 1. The summed E-state index contributed by atoms with van der Waals surface area (Å²) in [5, 5.41) is 7.05. The zero-order valence-corrected chi connectivity index (χ0v) is 16.8. The van der Waals surface area contributed by atoms with Crippen LogP contribution < -0.4 is 11.1 Å². The summed E-state index contributed by atoms with van der Waals surface area (Å²) in [6, 6.07) is 4.76. The van der Waals surface area contributed by atoms with E-state index in [4.69, 9.17) is 5.73 Å². The van der Waals surface area contributed by atoms with E-state index in [1.165, 1.54) is 16.8 Å². The van der Waals surface area contributed by atoms with E-state index in [2.05, 4.69) is 10.4 Å². The highest BCUT2D eigenvalue weighted by Gasteiger charge is 2.45. The molecule has 0 bridgehead atoms. The summed E-state index contributed by atoms with van der Waals surface area (Å²) in [6.45, 7) is 3.69. The van der Waals surface area contributed by atoms with Gasteiger partial charge >= 0.3 is 6.18 Å². The van der Waals surface area contributed by atoms with E-state index in [-0.39, 0.29) is 35.7 Å². The zero-order chi connectivity index (χ0) is 21.8. The molecule has 1 saturated carbocycles. The quantitative estimate of drug-likeness (QED) is 0.779. The summed E-state index contributed by atoms with van der Waals surface area (Å²) in [5.41, 5.74) is 4.79. The SMILES string of the molecule is CC1(C)CC(=O)c2c(C(F)(F)F)nn(-c3ccc(C(N)=O)c(NC4CCC4)c3)c2C1. The van der Waals surface area contributed by atoms with Crippen LogP contribution in [0.25, 0.3) is 5.69 Å². The molecule has 0 spiro atoms. The third kappa shape index (κ3) is 3.57. The number of ketones is 1. The molecule has 2 aromatic rings. The van der Waals surface area contributed by atoms with Crippen LogP contribution in [0, 0.1) is 5.41 Å². The van der Waals surface area contributed by atoms with E-state index in [1.807, 2.05) is 13.8 Å². The van der Waals surface area contributed by atoms with Crippen molar-refractivity contribution in [1.29, 1.82) is 0 Å². The molecule has 1 fully saturated rings. The maximum Gasteiger partial charge on any atom is 0.435 e. The molecule has 6 nitrogen and oxygen atoms in total. The first-order valence-corrected chi connectivity index (χ1v) is 9.89. The first kappa shape index (κ1) is 20.4. The molecule has 30 heavy (non-hydrogen) atoms. The minimum Gasteiger partial charge on any atom is -0.382 e. The fourth-order valence-electron chi connectivity index (χ4n) is 4.13. The molecular formula is C21H23F3N4O2. The van der Waals surface area contributed by atoms with Gasteiger partial charge in [-0.3, -0.25) is 9.59 Å². The number of primary amides is 1. The molecule has 3 N–H and O–H groups in total. The van der Waals surface area contributed by atoms with Gasteiger partial charge in [0.2, 0.25) is 0 Å². The van der Waals surface area contributed by atoms with Crippen LogP contribution in [0.5, 0.6) is 0 Å². The lowest BCUT2D eigenvalue weighted by Gasteiger charge is -2.30. The molecule has 1 aromatic heterocycles. The molecule has 0 unspecified atom stereocenters. The maximum atomic E-state index is 13.6. The number of amides is 1. The number of hydrogen-bond donors (Lipinski definition) is 2. The fraction of sp³-hybridized carbons (Fsp3) is 0.476. The zero-order valence-electron chi connectivity index (χ0n) is 16.8. The van der Waals surface area contributed by atoms with Gasteiger partial charge in [-0.25, -0.2) is 4.68 Å². The number of carbonyl (C=O) groups excluding carboxylic acids is 2. The minimum absolute atomic E-state index is 0.0316. The lowest BCUT2D eigenvalue weighted by molar-refractivity contribution is -0.141. The normalized spacial score (nSPS) is 18.6. The Bertz CT molecular complexity index is 1040. The van der Waals surface area contributed by atoms with E-state index in [0.29, 0.717) is 11.4 Å². The van der Waals surface area contributed by atoms with Gasteiger partial charge in [-0.05, 0) is 49.3 Å². The van der Waals surface area contributed by atoms with E-state index < -0.39 is 29.0 Å². The molecule has 0 atom stereocenters. The molecule has 4 rings (SSSR count). The van der Waals surface area contributed by atoms with Gasteiger partial charge in [-0.2, -0.15) is 18.3 Å². The second-order valence-corrected chi connectivity index (χ2v) is 8.89. The van der Waals surface area contributed by atoms with Crippen molar-refractivity contribution in [2.75, 3.05) is 5.32 Å². The number of benzene rings is 1. The minimum atomic E-state index is -4.74. The summed E-state index contributed by atoms with van der Waals surface area (Å²) < 4.78 is 42.1. The highest BCUT2D eigenvalue weighted by atomic mass is 19.4. The Kier molecular flexibility index (Phi) is 4.67. The number of carbonyl (C=O) groups is 2.